The summed E-state index contributed by atoms with van der Waals surface area (Å²) in [5, 5.41) is 13.0. The lowest BCUT2D eigenvalue weighted by Gasteiger charge is -2.25. The lowest BCUT2D eigenvalue weighted by atomic mass is 9.80. The van der Waals surface area contributed by atoms with Gasteiger partial charge < -0.3 is 9.84 Å². The van der Waals surface area contributed by atoms with Crippen LogP contribution in [0.3, 0.4) is 0 Å². The number of aromatic nitrogens is 2. The third kappa shape index (κ3) is 1.48. The normalized spacial score (nSPS) is 16.1. The van der Waals surface area contributed by atoms with Crippen LogP contribution in [0.15, 0.2) is 0 Å². The molecule has 0 radical (unpaired) electrons. The van der Waals surface area contributed by atoms with Gasteiger partial charge in [-0.1, -0.05) is 6.42 Å². The first-order valence-electron chi connectivity index (χ1n) is 4.99. The van der Waals surface area contributed by atoms with E-state index in [1.54, 1.807) is 14.2 Å². The highest BCUT2D eigenvalue weighted by Crippen LogP contribution is 2.42. The van der Waals surface area contributed by atoms with Gasteiger partial charge in [0, 0.05) is 7.05 Å². The van der Waals surface area contributed by atoms with Crippen molar-refractivity contribution in [2.24, 2.45) is 7.05 Å². The fourth-order valence-corrected chi connectivity index (χ4v) is 1.99. The van der Waals surface area contributed by atoms with Crippen LogP contribution in [0.2, 0.25) is 0 Å². The van der Waals surface area contributed by atoms with Crippen molar-refractivity contribution in [3.63, 3.8) is 0 Å². The van der Waals surface area contributed by atoms with Gasteiger partial charge in [-0.15, -0.1) is 0 Å². The average molecular weight is 210 g/mol. The maximum atomic E-state index is 11.0. The Morgan fingerprint density at radius 3 is 2.67 bits per heavy atom. The Balaban J connectivity index is 2.49. The SMILES string of the molecule is COc1c(C2CCC2)c(C(=O)O)nn1C. The monoisotopic (exact) mass is 210 g/mol. The molecule has 0 amide bonds. The van der Waals surface area contributed by atoms with E-state index in [1.807, 2.05) is 0 Å². The second kappa shape index (κ2) is 3.56. The molecule has 1 aromatic heterocycles. The van der Waals surface area contributed by atoms with Crippen LogP contribution in [0, 0.1) is 0 Å². The number of ether oxygens (including phenoxy) is 1. The Labute approximate surface area is 87.7 Å². The molecule has 15 heavy (non-hydrogen) atoms. The second-order valence-electron chi connectivity index (χ2n) is 3.83. The number of hydrogen-bond acceptors (Lipinski definition) is 3. The van der Waals surface area contributed by atoms with E-state index in [0.717, 1.165) is 24.8 Å². The molecule has 0 bridgehead atoms. The number of hydrogen-bond donors (Lipinski definition) is 1. The Hall–Kier alpha value is -1.52. The van der Waals surface area contributed by atoms with Gasteiger partial charge in [0.15, 0.2) is 5.69 Å². The van der Waals surface area contributed by atoms with Crippen molar-refractivity contribution in [3.05, 3.63) is 11.3 Å². The lowest BCUT2D eigenvalue weighted by Crippen LogP contribution is -2.13. The first-order chi connectivity index (χ1) is 7.15. The Morgan fingerprint density at radius 2 is 2.27 bits per heavy atom. The maximum Gasteiger partial charge on any atom is 0.356 e. The van der Waals surface area contributed by atoms with Crippen LogP contribution in [0.5, 0.6) is 5.88 Å². The van der Waals surface area contributed by atoms with Crippen LogP contribution in [-0.2, 0) is 7.05 Å². The van der Waals surface area contributed by atoms with Gasteiger partial charge in [-0.2, -0.15) is 5.10 Å². The van der Waals surface area contributed by atoms with E-state index in [1.165, 1.54) is 4.68 Å². The summed E-state index contributed by atoms with van der Waals surface area (Å²) < 4.78 is 6.70. The van der Waals surface area contributed by atoms with Gasteiger partial charge in [0.25, 0.3) is 0 Å². The minimum atomic E-state index is -0.976. The molecule has 0 atom stereocenters. The fourth-order valence-electron chi connectivity index (χ4n) is 1.99. The summed E-state index contributed by atoms with van der Waals surface area (Å²) in [6, 6.07) is 0. The third-order valence-electron chi connectivity index (χ3n) is 2.94. The predicted octanol–water partition coefficient (Wildman–Crippen LogP) is 1.39. The molecule has 1 heterocycles. The number of carboxylic acid groups (broad SMARTS) is 1. The van der Waals surface area contributed by atoms with E-state index in [0.29, 0.717) is 11.8 Å². The topological polar surface area (TPSA) is 64.3 Å². The number of methoxy groups -OCH3 is 1. The van der Waals surface area contributed by atoms with Gasteiger partial charge >= 0.3 is 5.97 Å². The van der Waals surface area contributed by atoms with E-state index < -0.39 is 5.97 Å². The van der Waals surface area contributed by atoms with Crippen LogP contribution in [0.1, 0.15) is 41.2 Å². The van der Waals surface area contributed by atoms with Gasteiger partial charge in [0.2, 0.25) is 5.88 Å². The second-order valence-corrected chi connectivity index (χ2v) is 3.83. The van der Waals surface area contributed by atoms with Gasteiger partial charge in [-0.3, -0.25) is 0 Å². The lowest BCUT2D eigenvalue weighted by molar-refractivity contribution is 0.0687. The highest BCUT2D eigenvalue weighted by atomic mass is 16.5. The first-order valence-corrected chi connectivity index (χ1v) is 4.99. The number of carboxylic acids is 1. The Bertz CT molecular complexity index is 394. The van der Waals surface area contributed by atoms with Crippen molar-refractivity contribution < 1.29 is 14.6 Å². The number of nitrogens with zero attached hydrogens (tertiary/aromatic N) is 2. The average Bonchev–Trinajstić information content (AvgIpc) is 2.40. The molecule has 1 N–H and O–H groups in total. The van der Waals surface area contributed by atoms with E-state index >= 15 is 0 Å². The van der Waals surface area contributed by atoms with Crippen LogP contribution in [0.4, 0.5) is 0 Å². The van der Waals surface area contributed by atoms with E-state index in [2.05, 4.69) is 5.10 Å². The zero-order chi connectivity index (χ0) is 11.0. The quantitative estimate of drug-likeness (QED) is 0.818. The van der Waals surface area contributed by atoms with Crippen molar-refractivity contribution in [3.8, 4) is 5.88 Å². The van der Waals surface area contributed by atoms with E-state index in [4.69, 9.17) is 9.84 Å². The maximum absolute atomic E-state index is 11.0. The van der Waals surface area contributed by atoms with Crippen molar-refractivity contribution in [2.75, 3.05) is 7.11 Å². The molecule has 2 rings (SSSR count). The largest absolute Gasteiger partial charge is 0.481 e. The van der Waals surface area contributed by atoms with Crippen molar-refractivity contribution in [1.29, 1.82) is 0 Å². The molecular formula is C10H14N2O3. The summed E-state index contributed by atoms with van der Waals surface area (Å²) in [7, 11) is 3.25. The van der Waals surface area contributed by atoms with Gasteiger partial charge in [-0.05, 0) is 18.8 Å². The molecule has 5 heteroatoms. The highest BCUT2D eigenvalue weighted by molar-refractivity contribution is 5.88. The molecule has 5 nitrogen and oxygen atoms in total. The molecule has 0 saturated heterocycles. The standard InChI is InChI=1S/C10H14N2O3/c1-12-9(15-2)7(6-4-3-5-6)8(11-12)10(13)14/h6H,3-5H2,1-2H3,(H,13,14). The van der Waals surface area contributed by atoms with Crippen molar-refractivity contribution in [2.45, 2.75) is 25.2 Å². The highest BCUT2D eigenvalue weighted by Gasteiger charge is 2.32. The summed E-state index contributed by atoms with van der Waals surface area (Å²) in [5.74, 6) is -0.0901. The van der Waals surface area contributed by atoms with Crippen LogP contribution < -0.4 is 4.74 Å². The van der Waals surface area contributed by atoms with Crippen molar-refractivity contribution in [1.82, 2.24) is 9.78 Å². The van der Waals surface area contributed by atoms with E-state index in [9.17, 15) is 4.79 Å². The molecule has 1 aliphatic carbocycles. The van der Waals surface area contributed by atoms with Crippen LogP contribution in [0.25, 0.3) is 0 Å². The molecule has 0 aliphatic heterocycles. The number of aromatic carboxylic acids is 1. The zero-order valence-corrected chi connectivity index (χ0v) is 8.86. The fraction of sp³-hybridized carbons (Fsp3) is 0.600. The first kappa shape index (κ1) is 10.0. The summed E-state index contributed by atoms with van der Waals surface area (Å²) in [6.45, 7) is 0. The minimum absolute atomic E-state index is 0.138. The molecule has 1 aromatic rings. The van der Waals surface area contributed by atoms with Gasteiger partial charge in [-0.25, -0.2) is 9.48 Å². The van der Waals surface area contributed by atoms with E-state index in [-0.39, 0.29) is 5.69 Å². The molecule has 0 spiro atoms. The Morgan fingerprint density at radius 1 is 1.60 bits per heavy atom. The molecule has 1 fully saturated rings. The number of rotatable bonds is 3. The Kier molecular flexibility index (Phi) is 2.38. The summed E-state index contributed by atoms with van der Waals surface area (Å²) in [6.07, 6.45) is 3.21. The molecule has 1 saturated carbocycles. The minimum Gasteiger partial charge on any atom is -0.481 e. The summed E-state index contributed by atoms with van der Waals surface area (Å²) in [4.78, 5) is 11.0. The van der Waals surface area contributed by atoms with Crippen LogP contribution >= 0.6 is 0 Å². The molecular weight excluding hydrogens is 196 g/mol. The zero-order valence-electron chi connectivity index (χ0n) is 8.86. The van der Waals surface area contributed by atoms with Crippen LogP contribution in [-0.4, -0.2) is 28.0 Å². The van der Waals surface area contributed by atoms with Gasteiger partial charge in [0.1, 0.15) is 0 Å². The van der Waals surface area contributed by atoms with Gasteiger partial charge in [0.05, 0.1) is 12.7 Å². The molecule has 1 aliphatic rings. The number of carbonyl (C=O) groups is 1. The smallest absolute Gasteiger partial charge is 0.356 e. The third-order valence-corrected chi connectivity index (χ3v) is 2.94. The predicted molar refractivity (Wildman–Crippen MR) is 53.3 cm³/mol. The number of aryl methyl sites for hydroxylation is 1. The molecule has 0 aromatic carbocycles. The molecule has 0 unspecified atom stereocenters. The van der Waals surface area contributed by atoms with Crippen molar-refractivity contribution >= 4 is 5.97 Å². The molecule has 82 valence electrons. The summed E-state index contributed by atoms with van der Waals surface area (Å²) >= 11 is 0. The summed E-state index contributed by atoms with van der Waals surface area (Å²) in [5.41, 5.74) is 0.901.